The number of Topliss-reactive ketones (excluding diaryl/α,β-unsaturated/α-hetero) is 1. The monoisotopic (exact) mass is 278 g/mol. The van der Waals surface area contributed by atoms with E-state index in [9.17, 15) is 9.59 Å². The topological polar surface area (TPSA) is 54.4 Å². The molecule has 0 radical (unpaired) electrons. The number of carboxylic acid groups (broad SMARTS) is 1. The van der Waals surface area contributed by atoms with Crippen molar-refractivity contribution in [3.63, 3.8) is 0 Å². The van der Waals surface area contributed by atoms with Gasteiger partial charge in [0.05, 0.1) is 0 Å². The summed E-state index contributed by atoms with van der Waals surface area (Å²) in [4.78, 5) is 23.4. The molecule has 0 atom stereocenters. The summed E-state index contributed by atoms with van der Waals surface area (Å²) in [5.41, 5.74) is 2.28. The summed E-state index contributed by atoms with van der Waals surface area (Å²) in [6.07, 6.45) is 3.89. The summed E-state index contributed by atoms with van der Waals surface area (Å²) in [6.45, 7) is 1.49. The van der Waals surface area contributed by atoms with Crippen molar-refractivity contribution in [2.75, 3.05) is 0 Å². The van der Waals surface area contributed by atoms with E-state index in [0.29, 0.717) is 17.6 Å². The molecule has 0 unspecified atom stereocenters. The van der Waals surface area contributed by atoms with Crippen LogP contribution in [0.2, 0.25) is 0 Å². The maximum atomic E-state index is 12.5. The van der Waals surface area contributed by atoms with E-state index in [0.717, 1.165) is 16.3 Å². The fourth-order valence-electron chi connectivity index (χ4n) is 2.56. The molecule has 0 aromatic heterocycles. The lowest BCUT2D eigenvalue weighted by Crippen LogP contribution is -2.12. The van der Waals surface area contributed by atoms with Gasteiger partial charge in [-0.1, -0.05) is 36.4 Å². The molecule has 2 aromatic rings. The highest BCUT2D eigenvalue weighted by Crippen LogP contribution is 2.27. The van der Waals surface area contributed by atoms with Crippen molar-refractivity contribution in [1.82, 2.24) is 0 Å². The number of allylic oxidation sites excluding steroid dienone is 3. The Morgan fingerprint density at radius 2 is 1.86 bits per heavy atom. The van der Waals surface area contributed by atoms with E-state index in [1.165, 1.54) is 13.0 Å². The second-order valence-corrected chi connectivity index (χ2v) is 5.18. The molecule has 2 aromatic carbocycles. The first-order valence-corrected chi connectivity index (χ1v) is 6.74. The minimum atomic E-state index is -1.01. The Kier molecular flexibility index (Phi) is 3.18. The van der Waals surface area contributed by atoms with Crippen LogP contribution in [0.3, 0.4) is 0 Å². The van der Waals surface area contributed by atoms with Crippen molar-refractivity contribution in [2.24, 2.45) is 0 Å². The first kappa shape index (κ1) is 13.3. The zero-order valence-corrected chi connectivity index (χ0v) is 11.6. The highest BCUT2D eigenvalue weighted by molar-refractivity contribution is 6.14. The maximum Gasteiger partial charge on any atom is 0.331 e. The SMILES string of the molecule is CC(=CC1=CCc2cc3ccccc3cc2C1=O)C(=O)O. The van der Waals surface area contributed by atoms with E-state index in [1.807, 2.05) is 36.4 Å². The predicted molar refractivity (Wildman–Crippen MR) is 81.5 cm³/mol. The Hall–Kier alpha value is -2.68. The third kappa shape index (κ3) is 2.38. The lowest BCUT2D eigenvalue weighted by Gasteiger charge is -2.15. The smallest absolute Gasteiger partial charge is 0.331 e. The average Bonchev–Trinajstić information content (AvgIpc) is 2.48. The lowest BCUT2D eigenvalue weighted by molar-refractivity contribution is -0.132. The number of benzene rings is 2. The number of carbonyl (C=O) groups excluding carboxylic acids is 1. The quantitative estimate of drug-likeness (QED) is 0.855. The molecule has 3 rings (SSSR count). The zero-order chi connectivity index (χ0) is 15.0. The molecule has 3 nitrogen and oxygen atoms in total. The van der Waals surface area contributed by atoms with Crippen LogP contribution in [-0.4, -0.2) is 16.9 Å². The van der Waals surface area contributed by atoms with Gasteiger partial charge in [0.1, 0.15) is 0 Å². The van der Waals surface area contributed by atoms with Crippen LogP contribution in [0.4, 0.5) is 0 Å². The van der Waals surface area contributed by atoms with Crippen molar-refractivity contribution >= 4 is 22.5 Å². The van der Waals surface area contributed by atoms with Crippen LogP contribution in [-0.2, 0) is 11.2 Å². The summed E-state index contributed by atoms with van der Waals surface area (Å²) in [6, 6.07) is 11.8. The van der Waals surface area contributed by atoms with Gasteiger partial charge in [-0.25, -0.2) is 4.79 Å². The maximum absolute atomic E-state index is 12.5. The van der Waals surface area contributed by atoms with E-state index >= 15 is 0 Å². The molecule has 104 valence electrons. The Morgan fingerprint density at radius 3 is 2.52 bits per heavy atom. The fraction of sp³-hybridized carbons (Fsp3) is 0.111. The standard InChI is InChI=1S/C18H14O3/c1-11(18(20)21)8-15-7-6-14-9-12-4-2-3-5-13(12)10-16(14)17(15)19/h2-5,7-10H,6H2,1H3,(H,20,21). The number of fused-ring (bicyclic) bond motifs is 2. The van der Waals surface area contributed by atoms with Crippen molar-refractivity contribution in [1.29, 1.82) is 0 Å². The molecular weight excluding hydrogens is 264 g/mol. The van der Waals surface area contributed by atoms with Crippen LogP contribution in [0.1, 0.15) is 22.8 Å². The molecule has 1 aliphatic carbocycles. The van der Waals surface area contributed by atoms with E-state index in [2.05, 4.69) is 0 Å². The summed E-state index contributed by atoms with van der Waals surface area (Å²) >= 11 is 0. The second kappa shape index (κ2) is 5.02. The zero-order valence-electron chi connectivity index (χ0n) is 11.6. The average molecular weight is 278 g/mol. The molecule has 21 heavy (non-hydrogen) atoms. The summed E-state index contributed by atoms with van der Waals surface area (Å²) in [5.74, 6) is -1.12. The van der Waals surface area contributed by atoms with Gasteiger partial charge in [0, 0.05) is 16.7 Å². The first-order chi connectivity index (χ1) is 10.1. The van der Waals surface area contributed by atoms with Crippen LogP contribution in [0, 0.1) is 0 Å². The Balaban J connectivity index is 2.08. The minimum absolute atomic E-state index is 0.109. The van der Waals surface area contributed by atoms with Gasteiger partial charge in [-0.05, 0) is 41.8 Å². The van der Waals surface area contributed by atoms with Crippen LogP contribution < -0.4 is 0 Å². The van der Waals surface area contributed by atoms with Gasteiger partial charge in [-0.2, -0.15) is 0 Å². The van der Waals surface area contributed by atoms with Gasteiger partial charge >= 0.3 is 5.97 Å². The fourth-order valence-corrected chi connectivity index (χ4v) is 2.56. The summed E-state index contributed by atoms with van der Waals surface area (Å²) in [5, 5.41) is 11.1. The summed E-state index contributed by atoms with van der Waals surface area (Å²) < 4.78 is 0. The van der Waals surface area contributed by atoms with E-state index in [-0.39, 0.29) is 11.4 Å². The van der Waals surface area contributed by atoms with Crippen molar-refractivity contribution < 1.29 is 14.7 Å². The molecule has 0 saturated carbocycles. The van der Waals surface area contributed by atoms with Gasteiger partial charge in [0.25, 0.3) is 0 Å². The Morgan fingerprint density at radius 1 is 1.19 bits per heavy atom. The highest BCUT2D eigenvalue weighted by Gasteiger charge is 2.20. The summed E-state index contributed by atoms with van der Waals surface area (Å²) in [7, 11) is 0. The number of rotatable bonds is 2. The molecule has 0 fully saturated rings. The molecule has 1 N–H and O–H groups in total. The van der Waals surface area contributed by atoms with Crippen molar-refractivity contribution in [3.8, 4) is 0 Å². The number of carbonyl (C=O) groups is 2. The molecule has 0 aliphatic heterocycles. The van der Waals surface area contributed by atoms with Crippen LogP contribution in [0.25, 0.3) is 10.8 Å². The predicted octanol–water partition coefficient (Wildman–Crippen LogP) is 3.54. The number of ketones is 1. The second-order valence-electron chi connectivity index (χ2n) is 5.18. The molecule has 0 spiro atoms. The lowest BCUT2D eigenvalue weighted by atomic mass is 9.87. The molecular formula is C18H14O3. The van der Waals surface area contributed by atoms with Crippen LogP contribution in [0.5, 0.6) is 0 Å². The van der Waals surface area contributed by atoms with E-state index in [1.54, 1.807) is 6.08 Å². The third-order valence-corrected chi connectivity index (χ3v) is 3.73. The van der Waals surface area contributed by atoms with E-state index in [4.69, 9.17) is 5.11 Å². The molecule has 3 heteroatoms. The first-order valence-electron chi connectivity index (χ1n) is 6.74. The van der Waals surface area contributed by atoms with Crippen molar-refractivity contribution in [3.05, 3.63) is 70.8 Å². The van der Waals surface area contributed by atoms with Crippen LogP contribution in [0.15, 0.2) is 59.7 Å². The molecule has 0 amide bonds. The highest BCUT2D eigenvalue weighted by atomic mass is 16.4. The number of carboxylic acids is 1. The molecule has 0 bridgehead atoms. The number of hydrogen-bond acceptors (Lipinski definition) is 2. The third-order valence-electron chi connectivity index (χ3n) is 3.73. The molecule has 0 saturated heterocycles. The number of aliphatic carboxylic acids is 1. The van der Waals surface area contributed by atoms with Gasteiger partial charge < -0.3 is 5.11 Å². The normalized spacial score (nSPS) is 14.8. The van der Waals surface area contributed by atoms with Crippen LogP contribution >= 0.6 is 0 Å². The Bertz CT molecular complexity index is 825. The number of hydrogen-bond donors (Lipinski definition) is 1. The van der Waals surface area contributed by atoms with Gasteiger partial charge in [-0.3, -0.25) is 4.79 Å². The molecule has 1 aliphatic rings. The largest absolute Gasteiger partial charge is 0.478 e. The molecule has 0 heterocycles. The Labute approximate surface area is 122 Å². The van der Waals surface area contributed by atoms with Crippen molar-refractivity contribution in [2.45, 2.75) is 13.3 Å². The minimum Gasteiger partial charge on any atom is -0.478 e. The van der Waals surface area contributed by atoms with E-state index < -0.39 is 5.97 Å². The van der Waals surface area contributed by atoms with Gasteiger partial charge in [0.2, 0.25) is 0 Å². The van der Waals surface area contributed by atoms with Gasteiger partial charge in [-0.15, -0.1) is 0 Å². The van der Waals surface area contributed by atoms with Gasteiger partial charge in [0.15, 0.2) is 5.78 Å².